The number of hydrogen-bond donors (Lipinski definition) is 1. The molecule has 0 unspecified atom stereocenters. The van der Waals surface area contributed by atoms with Gasteiger partial charge in [0.25, 0.3) is 11.6 Å². The van der Waals surface area contributed by atoms with E-state index in [4.69, 9.17) is 9.15 Å². The van der Waals surface area contributed by atoms with E-state index in [9.17, 15) is 14.9 Å². The Hall–Kier alpha value is -3.68. The summed E-state index contributed by atoms with van der Waals surface area (Å²) < 4.78 is 10.5. The van der Waals surface area contributed by atoms with Crippen LogP contribution in [0.4, 0.5) is 11.4 Å². The van der Waals surface area contributed by atoms with Crippen LogP contribution in [0.15, 0.2) is 59.3 Å². The van der Waals surface area contributed by atoms with E-state index in [0.29, 0.717) is 11.4 Å². The highest BCUT2D eigenvalue weighted by atomic mass is 16.6. The third-order valence-electron chi connectivity index (χ3n) is 3.42. The number of carbonyl (C=O) groups excluding carboxylic acids is 1. The number of furan rings is 1. The molecule has 3 rings (SSSR count). The van der Waals surface area contributed by atoms with Crippen LogP contribution in [-0.4, -0.2) is 22.9 Å². The van der Waals surface area contributed by atoms with Crippen molar-refractivity contribution in [2.24, 2.45) is 0 Å². The molecule has 0 fully saturated rings. The van der Waals surface area contributed by atoms with Crippen LogP contribution < -0.4 is 10.1 Å². The molecule has 2 heterocycles. The highest BCUT2D eigenvalue weighted by Crippen LogP contribution is 2.34. The summed E-state index contributed by atoms with van der Waals surface area (Å²) in [6.45, 7) is 0. The lowest BCUT2D eigenvalue weighted by Gasteiger charge is -2.04. The molecule has 1 N–H and O–H groups in total. The second-order valence-electron chi connectivity index (χ2n) is 5.00. The van der Waals surface area contributed by atoms with E-state index in [0.717, 1.165) is 0 Å². The molecule has 3 aromatic rings. The van der Waals surface area contributed by atoms with Gasteiger partial charge in [0.1, 0.15) is 11.5 Å². The number of benzene rings is 1. The Labute approximate surface area is 142 Å². The maximum Gasteiger partial charge on any atom is 0.291 e. The molecule has 0 radical (unpaired) electrons. The topological polar surface area (TPSA) is 108 Å². The first-order valence-electron chi connectivity index (χ1n) is 7.22. The number of rotatable bonds is 5. The number of ether oxygens (including phenoxy) is 1. The molecule has 1 aromatic carbocycles. The third-order valence-corrected chi connectivity index (χ3v) is 3.42. The van der Waals surface area contributed by atoms with Gasteiger partial charge in [-0.25, -0.2) is 0 Å². The van der Waals surface area contributed by atoms with Crippen molar-refractivity contribution in [3.8, 4) is 17.1 Å². The van der Waals surface area contributed by atoms with Gasteiger partial charge in [-0.05, 0) is 36.4 Å². The average Bonchev–Trinajstić information content (AvgIpc) is 3.12. The van der Waals surface area contributed by atoms with Gasteiger partial charge in [-0.1, -0.05) is 0 Å². The molecule has 8 heteroatoms. The number of hydrogen-bond acceptors (Lipinski definition) is 6. The fourth-order valence-corrected chi connectivity index (χ4v) is 2.23. The van der Waals surface area contributed by atoms with E-state index in [1.807, 2.05) is 0 Å². The normalized spacial score (nSPS) is 10.3. The summed E-state index contributed by atoms with van der Waals surface area (Å²) in [4.78, 5) is 26.8. The van der Waals surface area contributed by atoms with Crippen LogP contribution in [0.5, 0.6) is 5.75 Å². The molecule has 25 heavy (non-hydrogen) atoms. The van der Waals surface area contributed by atoms with Gasteiger partial charge in [-0.3, -0.25) is 19.9 Å². The zero-order chi connectivity index (χ0) is 17.8. The largest absolute Gasteiger partial charge is 0.497 e. The number of nitro groups is 1. The number of methoxy groups -OCH3 is 1. The first-order valence-corrected chi connectivity index (χ1v) is 7.22. The van der Waals surface area contributed by atoms with Crippen LogP contribution in [-0.2, 0) is 0 Å². The lowest BCUT2D eigenvalue weighted by Crippen LogP contribution is -2.10. The summed E-state index contributed by atoms with van der Waals surface area (Å²) in [6.07, 6.45) is 3.08. The van der Waals surface area contributed by atoms with E-state index in [1.165, 1.54) is 37.6 Å². The van der Waals surface area contributed by atoms with Crippen molar-refractivity contribution in [1.29, 1.82) is 0 Å². The van der Waals surface area contributed by atoms with E-state index < -0.39 is 10.8 Å². The molecule has 0 saturated carbocycles. The van der Waals surface area contributed by atoms with E-state index in [2.05, 4.69) is 10.3 Å². The molecule has 1 amide bonds. The second kappa shape index (κ2) is 6.83. The lowest BCUT2D eigenvalue weighted by atomic mass is 10.1. The molecule has 8 nitrogen and oxygen atoms in total. The summed E-state index contributed by atoms with van der Waals surface area (Å²) in [7, 11) is 1.42. The molecule has 0 aliphatic carbocycles. The molecule has 126 valence electrons. The highest BCUT2D eigenvalue weighted by molar-refractivity contribution is 6.02. The second-order valence-corrected chi connectivity index (χ2v) is 5.00. The minimum atomic E-state index is -0.532. The molecule has 0 aliphatic heterocycles. The van der Waals surface area contributed by atoms with Crippen LogP contribution in [0.2, 0.25) is 0 Å². The van der Waals surface area contributed by atoms with Gasteiger partial charge in [0, 0.05) is 6.20 Å². The SMILES string of the molecule is COc1ccc(-c2ccc(C(=O)Nc3cccnc3)o2)c([N+](=O)[O-])c1. The third kappa shape index (κ3) is 3.47. The Balaban J connectivity index is 1.89. The van der Waals surface area contributed by atoms with Crippen molar-refractivity contribution in [3.05, 3.63) is 70.7 Å². The minimum Gasteiger partial charge on any atom is -0.497 e. The summed E-state index contributed by atoms with van der Waals surface area (Å²) in [5, 5.41) is 13.9. The monoisotopic (exact) mass is 339 g/mol. The molecule has 2 aromatic heterocycles. The van der Waals surface area contributed by atoms with E-state index in [-0.39, 0.29) is 22.8 Å². The minimum absolute atomic E-state index is 0.0315. The number of amides is 1. The highest BCUT2D eigenvalue weighted by Gasteiger charge is 2.21. The maximum absolute atomic E-state index is 12.2. The standard InChI is InChI=1S/C17H13N3O5/c1-24-12-4-5-13(14(9-12)20(22)23)15-6-7-16(25-15)17(21)19-11-3-2-8-18-10-11/h2-10H,1H3,(H,19,21). The van der Waals surface area contributed by atoms with Gasteiger partial charge in [0.05, 0.1) is 35.5 Å². The van der Waals surface area contributed by atoms with E-state index >= 15 is 0 Å². The molecular weight excluding hydrogens is 326 g/mol. The Morgan fingerprint density at radius 2 is 2.12 bits per heavy atom. The Bertz CT molecular complexity index is 921. The number of nitro benzene ring substituents is 1. The number of nitrogens with one attached hydrogen (secondary N) is 1. The van der Waals surface area contributed by atoms with Gasteiger partial charge in [-0.2, -0.15) is 0 Å². The molecule has 0 saturated heterocycles. The molecule has 0 spiro atoms. The predicted octanol–water partition coefficient (Wildman–Crippen LogP) is 3.51. The van der Waals surface area contributed by atoms with Crippen molar-refractivity contribution in [3.63, 3.8) is 0 Å². The average molecular weight is 339 g/mol. The smallest absolute Gasteiger partial charge is 0.291 e. The van der Waals surface area contributed by atoms with Crippen LogP contribution in [0, 0.1) is 10.1 Å². The number of anilines is 1. The Morgan fingerprint density at radius 3 is 2.80 bits per heavy atom. The summed E-state index contributed by atoms with van der Waals surface area (Å²) >= 11 is 0. The summed E-state index contributed by atoms with van der Waals surface area (Å²) in [5.41, 5.74) is 0.597. The molecule has 0 aliphatic rings. The lowest BCUT2D eigenvalue weighted by molar-refractivity contribution is -0.384. The fourth-order valence-electron chi connectivity index (χ4n) is 2.23. The number of nitrogens with zero attached hydrogens (tertiary/aromatic N) is 2. The molecule has 0 atom stereocenters. The van der Waals surface area contributed by atoms with E-state index in [1.54, 1.807) is 24.4 Å². The van der Waals surface area contributed by atoms with Gasteiger partial charge < -0.3 is 14.5 Å². The first-order chi connectivity index (χ1) is 12.1. The van der Waals surface area contributed by atoms with Crippen LogP contribution >= 0.6 is 0 Å². The van der Waals surface area contributed by atoms with Crippen molar-refractivity contribution < 1.29 is 18.9 Å². The quantitative estimate of drug-likeness (QED) is 0.563. The van der Waals surface area contributed by atoms with Crippen molar-refractivity contribution in [2.75, 3.05) is 12.4 Å². The van der Waals surface area contributed by atoms with Crippen LogP contribution in [0.3, 0.4) is 0 Å². The van der Waals surface area contributed by atoms with Crippen molar-refractivity contribution in [1.82, 2.24) is 4.98 Å². The van der Waals surface area contributed by atoms with Gasteiger partial charge >= 0.3 is 0 Å². The number of pyridine rings is 1. The van der Waals surface area contributed by atoms with Gasteiger partial charge in [-0.15, -0.1) is 0 Å². The number of carbonyl (C=O) groups is 1. The first kappa shape index (κ1) is 16.2. The zero-order valence-corrected chi connectivity index (χ0v) is 13.1. The summed E-state index contributed by atoms with van der Waals surface area (Å²) in [6, 6.07) is 10.7. The predicted molar refractivity (Wildman–Crippen MR) is 89.5 cm³/mol. The Morgan fingerprint density at radius 1 is 1.28 bits per heavy atom. The van der Waals surface area contributed by atoms with Crippen LogP contribution in [0.25, 0.3) is 11.3 Å². The summed E-state index contributed by atoms with van der Waals surface area (Å²) in [5.74, 6) is 0.127. The van der Waals surface area contributed by atoms with Crippen LogP contribution in [0.1, 0.15) is 10.6 Å². The molecular formula is C17H13N3O5. The Kier molecular flexibility index (Phi) is 4.42. The van der Waals surface area contributed by atoms with Crippen molar-refractivity contribution in [2.45, 2.75) is 0 Å². The fraction of sp³-hybridized carbons (Fsp3) is 0.0588. The molecule has 0 bridgehead atoms. The van der Waals surface area contributed by atoms with Crippen molar-refractivity contribution >= 4 is 17.3 Å². The van der Waals surface area contributed by atoms with Gasteiger partial charge in [0.2, 0.25) is 0 Å². The van der Waals surface area contributed by atoms with Gasteiger partial charge in [0.15, 0.2) is 5.76 Å². The number of aromatic nitrogens is 1. The maximum atomic E-state index is 12.2. The zero-order valence-electron chi connectivity index (χ0n) is 13.1.